The van der Waals surface area contributed by atoms with Gasteiger partial charge in [0.05, 0.1) is 11.6 Å². The molecule has 4 nitrogen and oxygen atoms in total. The molecule has 0 aliphatic heterocycles. The quantitative estimate of drug-likeness (QED) is 0.894. The number of aromatic nitrogens is 2. The van der Waals surface area contributed by atoms with Gasteiger partial charge in [0.15, 0.2) is 0 Å². The summed E-state index contributed by atoms with van der Waals surface area (Å²) >= 11 is 5.95. The molecule has 1 aromatic carbocycles. The topological polar surface area (TPSA) is 57.8 Å². The highest BCUT2D eigenvalue weighted by atomic mass is 35.5. The number of rotatable bonds is 3. The highest BCUT2D eigenvalue weighted by molar-refractivity contribution is 6.30. The third-order valence-corrected chi connectivity index (χ3v) is 3.10. The van der Waals surface area contributed by atoms with Crippen molar-refractivity contribution in [2.45, 2.75) is 19.3 Å². The molecule has 94 valence electrons. The van der Waals surface area contributed by atoms with Crippen molar-refractivity contribution in [3.05, 3.63) is 47.1 Å². The molecule has 1 amide bonds. The fourth-order valence-corrected chi connectivity index (χ4v) is 1.80. The SMILES string of the molecule is CC(C)(C(=O)Nc1ccn[nH]1)c1cccc(Cl)c1. The Morgan fingerprint density at radius 2 is 2.17 bits per heavy atom. The second-order valence-electron chi connectivity index (χ2n) is 4.56. The van der Waals surface area contributed by atoms with E-state index < -0.39 is 5.41 Å². The number of nitrogens with one attached hydrogen (secondary N) is 2. The Morgan fingerprint density at radius 1 is 1.39 bits per heavy atom. The first-order valence-electron chi connectivity index (χ1n) is 5.57. The van der Waals surface area contributed by atoms with Crippen LogP contribution in [0.25, 0.3) is 0 Å². The molecule has 0 bridgehead atoms. The Bertz CT molecular complexity index is 549. The molecule has 0 aliphatic carbocycles. The summed E-state index contributed by atoms with van der Waals surface area (Å²) in [6.07, 6.45) is 1.59. The van der Waals surface area contributed by atoms with Crippen LogP contribution in [0.1, 0.15) is 19.4 Å². The zero-order valence-corrected chi connectivity index (χ0v) is 11.0. The zero-order valence-electron chi connectivity index (χ0n) is 10.2. The van der Waals surface area contributed by atoms with E-state index in [1.165, 1.54) is 0 Å². The minimum Gasteiger partial charge on any atom is -0.310 e. The molecular weight excluding hydrogens is 250 g/mol. The summed E-state index contributed by atoms with van der Waals surface area (Å²) in [5.41, 5.74) is 0.197. The summed E-state index contributed by atoms with van der Waals surface area (Å²) in [5, 5.41) is 9.88. The first-order chi connectivity index (χ1) is 8.50. The molecular formula is C13H14ClN3O. The molecule has 0 fully saturated rings. The number of carbonyl (C=O) groups is 1. The van der Waals surface area contributed by atoms with Crippen molar-refractivity contribution in [3.8, 4) is 0 Å². The van der Waals surface area contributed by atoms with Gasteiger partial charge < -0.3 is 5.32 Å². The Kier molecular flexibility index (Phi) is 3.39. The molecule has 18 heavy (non-hydrogen) atoms. The van der Waals surface area contributed by atoms with Crippen LogP contribution < -0.4 is 5.32 Å². The lowest BCUT2D eigenvalue weighted by Gasteiger charge is -2.23. The number of aromatic amines is 1. The largest absolute Gasteiger partial charge is 0.310 e. The molecule has 5 heteroatoms. The summed E-state index contributed by atoms with van der Waals surface area (Å²) in [6, 6.07) is 9.01. The van der Waals surface area contributed by atoms with Crippen LogP contribution in [0.3, 0.4) is 0 Å². The van der Waals surface area contributed by atoms with Crippen molar-refractivity contribution in [2.24, 2.45) is 0 Å². The van der Waals surface area contributed by atoms with Gasteiger partial charge in [0.1, 0.15) is 5.82 Å². The number of halogens is 1. The van der Waals surface area contributed by atoms with E-state index in [1.54, 1.807) is 24.4 Å². The Morgan fingerprint density at radius 3 is 2.78 bits per heavy atom. The summed E-state index contributed by atoms with van der Waals surface area (Å²) in [4.78, 5) is 12.2. The first kappa shape index (κ1) is 12.6. The van der Waals surface area contributed by atoms with Crippen LogP contribution in [0.5, 0.6) is 0 Å². The average Bonchev–Trinajstić information content (AvgIpc) is 2.81. The molecule has 0 atom stereocenters. The van der Waals surface area contributed by atoms with E-state index in [0.717, 1.165) is 5.56 Å². The highest BCUT2D eigenvalue weighted by Gasteiger charge is 2.30. The predicted molar refractivity (Wildman–Crippen MR) is 71.7 cm³/mol. The minimum absolute atomic E-state index is 0.117. The van der Waals surface area contributed by atoms with Crippen molar-refractivity contribution in [1.82, 2.24) is 10.2 Å². The smallest absolute Gasteiger partial charge is 0.235 e. The number of nitrogens with zero attached hydrogens (tertiary/aromatic N) is 1. The summed E-state index contributed by atoms with van der Waals surface area (Å²) < 4.78 is 0. The number of hydrogen-bond acceptors (Lipinski definition) is 2. The number of H-pyrrole nitrogens is 1. The fourth-order valence-electron chi connectivity index (χ4n) is 1.61. The molecule has 0 radical (unpaired) electrons. The van der Waals surface area contributed by atoms with Crippen LogP contribution in [0, 0.1) is 0 Å². The minimum atomic E-state index is -0.671. The molecule has 0 saturated carbocycles. The Hall–Kier alpha value is -1.81. The van der Waals surface area contributed by atoms with Gasteiger partial charge in [-0.25, -0.2) is 0 Å². The van der Waals surface area contributed by atoms with Crippen molar-refractivity contribution in [1.29, 1.82) is 0 Å². The van der Waals surface area contributed by atoms with E-state index >= 15 is 0 Å². The summed E-state index contributed by atoms with van der Waals surface area (Å²) in [7, 11) is 0. The molecule has 2 rings (SSSR count). The highest BCUT2D eigenvalue weighted by Crippen LogP contribution is 2.26. The van der Waals surface area contributed by atoms with Gasteiger partial charge in [0.2, 0.25) is 5.91 Å². The van der Waals surface area contributed by atoms with Crippen LogP contribution >= 0.6 is 11.6 Å². The molecule has 2 aromatic rings. The summed E-state index contributed by atoms with van der Waals surface area (Å²) in [5.74, 6) is 0.462. The van der Waals surface area contributed by atoms with E-state index in [1.807, 2.05) is 26.0 Å². The maximum atomic E-state index is 12.2. The molecule has 0 spiro atoms. The number of hydrogen-bond donors (Lipinski definition) is 2. The zero-order chi connectivity index (χ0) is 13.2. The van der Waals surface area contributed by atoms with E-state index in [0.29, 0.717) is 10.8 Å². The number of amides is 1. The molecule has 1 heterocycles. The maximum absolute atomic E-state index is 12.2. The van der Waals surface area contributed by atoms with E-state index in [2.05, 4.69) is 15.5 Å². The third kappa shape index (κ3) is 2.54. The van der Waals surface area contributed by atoms with Gasteiger partial charge in [-0.2, -0.15) is 5.10 Å². The summed E-state index contributed by atoms with van der Waals surface area (Å²) in [6.45, 7) is 3.70. The normalized spacial score (nSPS) is 11.3. The Labute approximate surface area is 110 Å². The van der Waals surface area contributed by atoms with Crippen LogP contribution in [0.2, 0.25) is 5.02 Å². The lowest BCUT2D eigenvalue weighted by Crippen LogP contribution is -2.34. The predicted octanol–water partition coefficient (Wildman–Crippen LogP) is 2.98. The van der Waals surface area contributed by atoms with E-state index in [-0.39, 0.29) is 5.91 Å². The lowest BCUT2D eigenvalue weighted by molar-refractivity contribution is -0.120. The van der Waals surface area contributed by atoms with Crippen LogP contribution in [0.15, 0.2) is 36.5 Å². The molecule has 2 N–H and O–H groups in total. The maximum Gasteiger partial charge on any atom is 0.235 e. The van der Waals surface area contributed by atoms with Crippen LogP contribution in [-0.2, 0) is 10.2 Å². The van der Waals surface area contributed by atoms with Gasteiger partial charge in [-0.05, 0) is 31.5 Å². The second-order valence-corrected chi connectivity index (χ2v) is 5.00. The van der Waals surface area contributed by atoms with Crippen molar-refractivity contribution in [2.75, 3.05) is 5.32 Å². The monoisotopic (exact) mass is 263 g/mol. The number of carbonyl (C=O) groups excluding carboxylic acids is 1. The van der Waals surface area contributed by atoms with E-state index in [4.69, 9.17) is 11.6 Å². The van der Waals surface area contributed by atoms with Gasteiger partial charge in [0, 0.05) is 11.1 Å². The van der Waals surface area contributed by atoms with Crippen molar-refractivity contribution >= 4 is 23.3 Å². The fraction of sp³-hybridized carbons (Fsp3) is 0.231. The average molecular weight is 264 g/mol. The molecule has 0 unspecified atom stereocenters. The van der Waals surface area contributed by atoms with Crippen molar-refractivity contribution in [3.63, 3.8) is 0 Å². The van der Waals surface area contributed by atoms with Gasteiger partial charge >= 0.3 is 0 Å². The Balaban J connectivity index is 2.22. The molecule has 1 aromatic heterocycles. The molecule has 0 aliphatic rings. The van der Waals surface area contributed by atoms with Gasteiger partial charge in [0.25, 0.3) is 0 Å². The van der Waals surface area contributed by atoms with Crippen molar-refractivity contribution < 1.29 is 4.79 Å². The van der Waals surface area contributed by atoms with Gasteiger partial charge in [-0.3, -0.25) is 9.89 Å². The van der Waals surface area contributed by atoms with Gasteiger partial charge in [-0.1, -0.05) is 23.7 Å². The first-order valence-corrected chi connectivity index (χ1v) is 5.95. The van der Waals surface area contributed by atoms with Crippen LogP contribution in [-0.4, -0.2) is 16.1 Å². The van der Waals surface area contributed by atoms with E-state index in [9.17, 15) is 4.79 Å². The number of anilines is 1. The standard InChI is InChI=1S/C13H14ClN3O/c1-13(2,9-4-3-5-10(14)8-9)12(18)16-11-6-7-15-17-11/h3-8H,1-2H3,(H2,15,16,17,18). The second kappa shape index (κ2) is 4.82. The third-order valence-electron chi connectivity index (χ3n) is 2.86. The number of benzene rings is 1. The molecule has 0 saturated heterocycles. The van der Waals surface area contributed by atoms with Crippen LogP contribution in [0.4, 0.5) is 5.82 Å². The van der Waals surface area contributed by atoms with Gasteiger partial charge in [-0.15, -0.1) is 0 Å². The lowest BCUT2D eigenvalue weighted by atomic mass is 9.84.